The van der Waals surface area contributed by atoms with Crippen LogP contribution in [-0.4, -0.2) is 10.9 Å². The molecule has 0 aromatic heterocycles. The summed E-state index contributed by atoms with van der Waals surface area (Å²) in [5.74, 6) is 0.744. The van der Waals surface area contributed by atoms with Gasteiger partial charge < -0.3 is 5.21 Å². The normalized spacial score (nSPS) is 47.2. The minimum Gasteiger partial charge on any atom is -0.411 e. The van der Waals surface area contributed by atoms with Gasteiger partial charge in [0.05, 0.1) is 5.71 Å². The molecule has 68 valence electrons. The summed E-state index contributed by atoms with van der Waals surface area (Å²) in [6.45, 7) is 6.64. The Morgan fingerprint density at radius 2 is 2.08 bits per heavy atom. The quantitative estimate of drug-likeness (QED) is 0.436. The number of nitrogens with zero attached hydrogens (tertiary/aromatic N) is 1. The van der Waals surface area contributed by atoms with Gasteiger partial charge in [0.2, 0.25) is 0 Å². The molecule has 0 saturated heterocycles. The molecule has 2 heteroatoms. The highest BCUT2D eigenvalue weighted by Gasteiger charge is 2.57. The summed E-state index contributed by atoms with van der Waals surface area (Å²) in [4.78, 5) is 0. The molecule has 2 atom stereocenters. The van der Waals surface area contributed by atoms with E-state index in [1.165, 1.54) is 19.3 Å². The van der Waals surface area contributed by atoms with Crippen LogP contribution < -0.4 is 0 Å². The first-order chi connectivity index (χ1) is 5.50. The van der Waals surface area contributed by atoms with Gasteiger partial charge in [-0.15, -0.1) is 0 Å². The van der Waals surface area contributed by atoms with Gasteiger partial charge in [-0.2, -0.15) is 0 Å². The van der Waals surface area contributed by atoms with E-state index in [-0.39, 0.29) is 10.8 Å². The summed E-state index contributed by atoms with van der Waals surface area (Å²) in [6, 6.07) is 0. The standard InChI is InChI=1S/C10H17NO/c1-9(2)7-4-5-10(3,6-7)8(9)11-12/h7,12H,4-6H2,1-3H3/b11-8-. The van der Waals surface area contributed by atoms with Crippen LogP contribution >= 0.6 is 0 Å². The van der Waals surface area contributed by atoms with Gasteiger partial charge in [-0.05, 0) is 25.2 Å². The Morgan fingerprint density at radius 1 is 1.42 bits per heavy atom. The van der Waals surface area contributed by atoms with Crippen molar-refractivity contribution < 1.29 is 5.21 Å². The Labute approximate surface area is 73.7 Å². The molecule has 2 aliphatic rings. The van der Waals surface area contributed by atoms with Crippen molar-refractivity contribution in [3.63, 3.8) is 0 Å². The maximum Gasteiger partial charge on any atom is 0.0688 e. The minimum absolute atomic E-state index is 0.141. The van der Waals surface area contributed by atoms with Crippen molar-refractivity contribution >= 4 is 5.71 Å². The summed E-state index contributed by atoms with van der Waals surface area (Å²) in [5.41, 5.74) is 1.39. The fourth-order valence-corrected chi connectivity index (χ4v) is 3.29. The van der Waals surface area contributed by atoms with Gasteiger partial charge in [-0.1, -0.05) is 25.9 Å². The zero-order chi connectivity index (χ0) is 8.98. The van der Waals surface area contributed by atoms with E-state index < -0.39 is 0 Å². The van der Waals surface area contributed by atoms with Crippen LogP contribution in [-0.2, 0) is 0 Å². The highest BCUT2D eigenvalue weighted by Crippen LogP contribution is 2.60. The largest absolute Gasteiger partial charge is 0.411 e. The van der Waals surface area contributed by atoms with Crippen LogP contribution in [0.25, 0.3) is 0 Å². The third-order valence-corrected chi connectivity index (χ3v) is 4.04. The van der Waals surface area contributed by atoms with E-state index in [0.717, 1.165) is 11.6 Å². The van der Waals surface area contributed by atoms with Crippen molar-refractivity contribution in [1.29, 1.82) is 0 Å². The van der Waals surface area contributed by atoms with Crippen LogP contribution in [0, 0.1) is 16.7 Å². The second-order valence-electron chi connectivity index (χ2n) is 5.17. The van der Waals surface area contributed by atoms with Crippen LogP contribution in [0.2, 0.25) is 0 Å². The van der Waals surface area contributed by atoms with Crippen molar-refractivity contribution in [2.45, 2.75) is 40.0 Å². The first kappa shape index (κ1) is 8.09. The van der Waals surface area contributed by atoms with E-state index in [0.29, 0.717) is 0 Å². The molecular weight excluding hydrogens is 150 g/mol. The lowest BCUT2D eigenvalue weighted by Gasteiger charge is -2.33. The molecule has 2 aliphatic carbocycles. The summed E-state index contributed by atoms with van der Waals surface area (Å²) in [6.07, 6.45) is 3.74. The molecule has 2 nitrogen and oxygen atoms in total. The minimum atomic E-state index is 0.141. The van der Waals surface area contributed by atoms with E-state index in [4.69, 9.17) is 5.21 Å². The van der Waals surface area contributed by atoms with E-state index in [9.17, 15) is 0 Å². The van der Waals surface area contributed by atoms with Gasteiger partial charge in [-0.3, -0.25) is 0 Å². The Kier molecular flexibility index (Phi) is 1.37. The van der Waals surface area contributed by atoms with Crippen LogP contribution in [0.4, 0.5) is 0 Å². The Bertz CT molecular complexity index is 237. The molecule has 0 aliphatic heterocycles. The van der Waals surface area contributed by atoms with Crippen molar-refractivity contribution in [2.75, 3.05) is 0 Å². The molecule has 2 unspecified atom stereocenters. The van der Waals surface area contributed by atoms with Crippen LogP contribution in [0.5, 0.6) is 0 Å². The summed E-state index contributed by atoms with van der Waals surface area (Å²) >= 11 is 0. The Balaban J connectivity index is 2.45. The third kappa shape index (κ3) is 0.732. The Morgan fingerprint density at radius 3 is 2.42 bits per heavy atom. The van der Waals surface area contributed by atoms with E-state index in [1.807, 2.05) is 0 Å². The summed E-state index contributed by atoms with van der Waals surface area (Å²) < 4.78 is 0. The first-order valence-corrected chi connectivity index (χ1v) is 4.74. The lowest BCUT2D eigenvalue weighted by atomic mass is 9.71. The molecular formula is C10H17NO. The number of hydrogen-bond acceptors (Lipinski definition) is 2. The summed E-state index contributed by atoms with van der Waals surface area (Å²) in [7, 11) is 0. The fraction of sp³-hybridized carbons (Fsp3) is 0.900. The molecule has 0 heterocycles. The maximum absolute atomic E-state index is 8.98. The van der Waals surface area contributed by atoms with Gasteiger partial charge >= 0.3 is 0 Å². The van der Waals surface area contributed by atoms with E-state index >= 15 is 0 Å². The second kappa shape index (κ2) is 2.04. The topological polar surface area (TPSA) is 32.6 Å². The predicted octanol–water partition coefficient (Wildman–Crippen LogP) is 2.66. The first-order valence-electron chi connectivity index (χ1n) is 4.74. The molecule has 0 aromatic carbocycles. The van der Waals surface area contributed by atoms with Crippen molar-refractivity contribution in [2.24, 2.45) is 21.9 Å². The van der Waals surface area contributed by atoms with Gasteiger partial charge in [0.25, 0.3) is 0 Å². The van der Waals surface area contributed by atoms with Crippen LogP contribution in [0.15, 0.2) is 5.16 Å². The third-order valence-electron chi connectivity index (χ3n) is 4.04. The molecule has 1 N–H and O–H groups in total. The Hall–Kier alpha value is -0.530. The average Bonchev–Trinajstić information content (AvgIpc) is 2.39. The number of hydrogen-bond donors (Lipinski definition) is 1. The maximum atomic E-state index is 8.98. The lowest BCUT2D eigenvalue weighted by molar-refractivity contribution is 0.279. The molecule has 0 radical (unpaired) electrons. The number of oxime groups is 1. The fourth-order valence-electron chi connectivity index (χ4n) is 3.29. The van der Waals surface area contributed by atoms with Crippen molar-refractivity contribution in [3.05, 3.63) is 0 Å². The van der Waals surface area contributed by atoms with Crippen molar-refractivity contribution in [1.82, 2.24) is 0 Å². The highest BCUT2D eigenvalue weighted by atomic mass is 16.4. The van der Waals surface area contributed by atoms with Gasteiger partial charge in [-0.25, -0.2) is 0 Å². The van der Waals surface area contributed by atoms with Gasteiger partial charge in [0.1, 0.15) is 0 Å². The second-order valence-corrected chi connectivity index (χ2v) is 5.17. The molecule has 0 aromatic rings. The predicted molar refractivity (Wildman–Crippen MR) is 48.5 cm³/mol. The lowest BCUT2D eigenvalue weighted by Crippen LogP contribution is -2.35. The molecule has 2 saturated carbocycles. The van der Waals surface area contributed by atoms with Crippen LogP contribution in [0.3, 0.4) is 0 Å². The number of fused-ring (bicyclic) bond motifs is 2. The molecule has 2 rings (SSSR count). The molecule has 0 amide bonds. The van der Waals surface area contributed by atoms with Crippen LogP contribution in [0.1, 0.15) is 40.0 Å². The zero-order valence-electron chi connectivity index (χ0n) is 8.09. The monoisotopic (exact) mass is 167 g/mol. The molecule has 0 spiro atoms. The van der Waals surface area contributed by atoms with E-state index in [2.05, 4.69) is 25.9 Å². The van der Waals surface area contributed by atoms with Gasteiger partial charge in [0.15, 0.2) is 0 Å². The molecule has 2 bridgehead atoms. The zero-order valence-corrected chi connectivity index (χ0v) is 8.09. The number of rotatable bonds is 0. The van der Waals surface area contributed by atoms with E-state index in [1.54, 1.807) is 0 Å². The summed E-state index contributed by atoms with van der Waals surface area (Å²) in [5, 5.41) is 12.5. The molecule has 12 heavy (non-hydrogen) atoms. The molecule has 2 fully saturated rings. The van der Waals surface area contributed by atoms with Gasteiger partial charge in [0, 0.05) is 10.8 Å². The smallest absolute Gasteiger partial charge is 0.0688 e. The SMILES string of the molecule is CC12CCC(C1)C(C)(C)/C2=N/O. The van der Waals surface area contributed by atoms with Crippen molar-refractivity contribution in [3.8, 4) is 0 Å². The highest BCUT2D eigenvalue weighted by molar-refractivity contribution is 5.97. The average molecular weight is 167 g/mol.